The molecular formula is C14H21NO2. The summed E-state index contributed by atoms with van der Waals surface area (Å²) in [6, 6.07) is 7.57. The van der Waals surface area contributed by atoms with Crippen LogP contribution in [0.15, 0.2) is 24.3 Å². The molecule has 0 bridgehead atoms. The van der Waals surface area contributed by atoms with Gasteiger partial charge in [0.15, 0.2) is 0 Å². The van der Waals surface area contributed by atoms with E-state index in [0.717, 1.165) is 31.4 Å². The van der Waals surface area contributed by atoms with E-state index >= 15 is 0 Å². The van der Waals surface area contributed by atoms with Gasteiger partial charge in [-0.15, -0.1) is 0 Å². The highest BCUT2D eigenvalue weighted by Crippen LogP contribution is 2.27. The third-order valence-corrected chi connectivity index (χ3v) is 3.63. The van der Waals surface area contributed by atoms with Gasteiger partial charge in [-0.25, -0.2) is 0 Å². The fourth-order valence-corrected chi connectivity index (χ4v) is 2.54. The molecular weight excluding hydrogens is 214 g/mol. The molecule has 17 heavy (non-hydrogen) atoms. The van der Waals surface area contributed by atoms with E-state index in [1.54, 1.807) is 6.07 Å². The van der Waals surface area contributed by atoms with E-state index in [-0.39, 0.29) is 12.1 Å². The first-order valence-corrected chi connectivity index (χ1v) is 6.36. The number of phenolic OH excluding ortho intramolecular Hbond substituents is 1. The molecule has 0 aliphatic heterocycles. The Morgan fingerprint density at radius 2 is 2.12 bits per heavy atom. The zero-order valence-corrected chi connectivity index (χ0v) is 10.3. The molecule has 1 aromatic rings. The van der Waals surface area contributed by atoms with Crippen LogP contribution in [0, 0.1) is 5.92 Å². The van der Waals surface area contributed by atoms with Gasteiger partial charge in [0.05, 0.1) is 6.10 Å². The molecule has 0 saturated heterocycles. The fraction of sp³-hybridized carbons (Fsp3) is 0.571. The molecule has 1 fully saturated rings. The zero-order valence-electron chi connectivity index (χ0n) is 10.3. The Morgan fingerprint density at radius 1 is 1.35 bits per heavy atom. The van der Waals surface area contributed by atoms with Crippen molar-refractivity contribution in [2.24, 2.45) is 5.92 Å². The first kappa shape index (κ1) is 12.4. The topological polar surface area (TPSA) is 52.5 Å². The van der Waals surface area contributed by atoms with Gasteiger partial charge in [-0.2, -0.15) is 0 Å². The first-order valence-electron chi connectivity index (χ1n) is 6.36. The third kappa shape index (κ3) is 3.20. The highest BCUT2D eigenvalue weighted by molar-refractivity contribution is 5.34. The molecule has 0 spiro atoms. The second-order valence-corrected chi connectivity index (χ2v) is 5.02. The number of para-hydroxylation sites is 1. The van der Waals surface area contributed by atoms with Gasteiger partial charge in [0.2, 0.25) is 0 Å². The molecule has 3 atom stereocenters. The Balaban J connectivity index is 1.85. The third-order valence-electron chi connectivity index (χ3n) is 3.63. The summed E-state index contributed by atoms with van der Waals surface area (Å²) in [6.45, 7) is 2.97. The van der Waals surface area contributed by atoms with Gasteiger partial charge in [0.1, 0.15) is 5.75 Å². The van der Waals surface area contributed by atoms with Gasteiger partial charge in [0, 0.05) is 11.6 Å². The molecule has 0 amide bonds. The van der Waals surface area contributed by atoms with Crippen LogP contribution in [-0.4, -0.2) is 22.9 Å². The summed E-state index contributed by atoms with van der Waals surface area (Å²) < 4.78 is 0. The number of rotatable bonds is 4. The van der Waals surface area contributed by atoms with Crippen LogP contribution in [-0.2, 0) is 0 Å². The van der Waals surface area contributed by atoms with Crippen LogP contribution >= 0.6 is 0 Å². The normalized spacial score (nSPS) is 26.0. The molecule has 1 aromatic carbocycles. The van der Waals surface area contributed by atoms with E-state index in [1.165, 1.54) is 0 Å². The molecule has 2 rings (SSSR count). The summed E-state index contributed by atoms with van der Waals surface area (Å²) in [4.78, 5) is 0. The van der Waals surface area contributed by atoms with Gasteiger partial charge in [-0.05, 0) is 44.7 Å². The lowest BCUT2D eigenvalue weighted by Gasteiger charge is -2.18. The fourth-order valence-electron chi connectivity index (χ4n) is 2.54. The van der Waals surface area contributed by atoms with Gasteiger partial charge >= 0.3 is 0 Å². The molecule has 1 aliphatic rings. The molecule has 3 unspecified atom stereocenters. The summed E-state index contributed by atoms with van der Waals surface area (Å²) in [5.41, 5.74) is 0.936. The Morgan fingerprint density at radius 3 is 2.76 bits per heavy atom. The van der Waals surface area contributed by atoms with Gasteiger partial charge in [-0.1, -0.05) is 18.2 Å². The van der Waals surface area contributed by atoms with Crippen molar-refractivity contribution in [1.82, 2.24) is 5.32 Å². The molecule has 3 nitrogen and oxygen atoms in total. The number of phenols is 1. The maximum absolute atomic E-state index is 9.73. The van der Waals surface area contributed by atoms with E-state index in [2.05, 4.69) is 12.2 Å². The summed E-state index contributed by atoms with van der Waals surface area (Å²) in [6.07, 6.45) is 2.82. The Labute approximate surface area is 102 Å². The predicted molar refractivity (Wildman–Crippen MR) is 67.9 cm³/mol. The highest BCUT2D eigenvalue weighted by Gasteiger charge is 2.23. The van der Waals surface area contributed by atoms with Crippen molar-refractivity contribution in [2.45, 2.75) is 38.3 Å². The lowest BCUT2D eigenvalue weighted by Crippen LogP contribution is -2.25. The predicted octanol–water partition coefficient (Wildman–Crippen LogP) is 2.20. The van der Waals surface area contributed by atoms with Crippen LogP contribution in [0.4, 0.5) is 0 Å². The molecule has 1 saturated carbocycles. The standard InChI is InChI=1S/C14H21NO2/c1-10(13-4-2-3-5-14(13)17)15-9-11-6-7-12(16)8-11/h2-5,10-12,15-17H,6-9H2,1H3. The SMILES string of the molecule is CC(NCC1CCC(O)C1)c1ccccc1O. The van der Waals surface area contributed by atoms with E-state index < -0.39 is 0 Å². The monoisotopic (exact) mass is 235 g/mol. The summed E-state index contributed by atoms with van der Waals surface area (Å²) >= 11 is 0. The van der Waals surface area contributed by atoms with E-state index in [0.29, 0.717) is 11.7 Å². The smallest absolute Gasteiger partial charge is 0.120 e. The number of nitrogens with one attached hydrogen (secondary N) is 1. The number of aliphatic hydroxyl groups is 1. The summed E-state index contributed by atoms with van der Waals surface area (Å²) in [5, 5.41) is 22.6. The Kier molecular flexibility index (Phi) is 4.02. The lowest BCUT2D eigenvalue weighted by molar-refractivity contribution is 0.177. The van der Waals surface area contributed by atoms with Crippen LogP contribution in [0.1, 0.15) is 37.8 Å². The van der Waals surface area contributed by atoms with E-state index in [9.17, 15) is 10.2 Å². The summed E-state index contributed by atoms with van der Waals surface area (Å²) in [5.74, 6) is 0.914. The second-order valence-electron chi connectivity index (χ2n) is 5.02. The molecule has 3 N–H and O–H groups in total. The van der Waals surface area contributed by atoms with Crippen LogP contribution in [0.2, 0.25) is 0 Å². The number of hydrogen-bond donors (Lipinski definition) is 3. The average Bonchev–Trinajstić information content (AvgIpc) is 2.73. The average molecular weight is 235 g/mol. The lowest BCUT2D eigenvalue weighted by atomic mass is 10.0. The number of hydrogen-bond acceptors (Lipinski definition) is 3. The van der Waals surface area contributed by atoms with Crippen LogP contribution in [0.25, 0.3) is 0 Å². The number of benzene rings is 1. The Hall–Kier alpha value is -1.06. The number of aliphatic hydroxyl groups excluding tert-OH is 1. The van der Waals surface area contributed by atoms with Crippen molar-refractivity contribution in [3.05, 3.63) is 29.8 Å². The van der Waals surface area contributed by atoms with Crippen molar-refractivity contribution in [3.63, 3.8) is 0 Å². The van der Waals surface area contributed by atoms with Crippen molar-refractivity contribution in [2.75, 3.05) is 6.54 Å². The molecule has 0 heterocycles. The minimum atomic E-state index is -0.109. The van der Waals surface area contributed by atoms with Gasteiger partial charge in [0.25, 0.3) is 0 Å². The van der Waals surface area contributed by atoms with Gasteiger partial charge < -0.3 is 15.5 Å². The van der Waals surface area contributed by atoms with Gasteiger partial charge in [-0.3, -0.25) is 0 Å². The van der Waals surface area contributed by atoms with Crippen molar-refractivity contribution in [3.8, 4) is 5.75 Å². The molecule has 94 valence electrons. The highest BCUT2D eigenvalue weighted by atomic mass is 16.3. The first-order chi connectivity index (χ1) is 8.16. The quantitative estimate of drug-likeness (QED) is 0.750. The van der Waals surface area contributed by atoms with E-state index in [4.69, 9.17) is 0 Å². The van der Waals surface area contributed by atoms with Crippen molar-refractivity contribution in [1.29, 1.82) is 0 Å². The molecule has 0 radical (unpaired) electrons. The van der Waals surface area contributed by atoms with Crippen molar-refractivity contribution >= 4 is 0 Å². The van der Waals surface area contributed by atoms with Crippen molar-refractivity contribution < 1.29 is 10.2 Å². The van der Waals surface area contributed by atoms with Crippen LogP contribution in [0.3, 0.4) is 0 Å². The Bertz CT molecular complexity index is 367. The second kappa shape index (κ2) is 5.52. The van der Waals surface area contributed by atoms with Crippen LogP contribution in [0.5, 0.6) is 5.75 Å². The maximum Gasteiger partial charge on any atom is 0.120 e. The molecule has 1 aliphatic carbocycles. The largest absolute Gasteiger partial charge is 0.508 e. The maximum atomic E-state index is 9.73. The molecule has 3 heteroatoms. The minimum absolute atomic E-state index is 0.109. The molecule has 0 aromatic heterocycles. The minimum Gasteiger partial charge on any atom is -0.508 e. The summed E-state index contributed by atoms with van der Waals surface area (Å²) in [7, 11) is 0. The zero-order chi connectivity index (χ0) is 12.3. The van der Waals surface area contributed by atoms with Crippen LogP contribution < -0.4 is 5.32 Å². The van der Waals surface area contributed by atoms with E-state index in [1.807, 2.05) is 18.2 Å². The number of aromatic hydroxyl groups is 1.